The highest BCUT2D eigenvalue weighted by Gasteiger charge is 2.07. The second-order valence-electron chi connectivity index (χ2n) is 3.73. The first-order valence-electron chi connectivity index (χ1n) is 5.70. The maximum Gasteiger partial charge on any atom is 0.354 e. The van der Waals surface area contributed by atoms with Crippen molar-refractivity contribution in [2.24, 2.45) is 5.10 Å². The van der Waals surface area contributed by atoms with Gasteiger partial charge in [0.1, 0.15) is 11.5 Å². The molecule has 0 radical (unpaired) electrons. The number of nitrogens with zero attached hydrogens (tertiary/aromatic N) is 1. The molecule has 1 aromatic carbocycles. The van der Waals surface area contributed by atoms with Crippen LogP contribution in [0.2, 0.25) is 0 Å². The molecule has 18 heavy (non-hydrogen) atoms. The van der Waals surface area contributed by atoms with E-state index >= 15 is 0 Å². The van der Waals surface area contributed by atoms with Crippen LogP contribution in [0.15, 0.2) is 23.3 Å². The van der Waals surface area contributed by atoms with Crippen LogP contribution in [0.25, 0.3) is 0 Å². The van der Waals surface area contributed by atoms with Gasteiger partial charge in [0.05, 0.1) is 19.4 Å². The predicted octanol–water partition coefficient (Wildman–Crippen LogP) is 2.35. The Morgan fingerprint density at radius 1 is 1.44 bits per heavy atom. The van der Waals surface area contributed by atoms with Gasteiger partial charge in [-0.25, -0.2) is 4.79 Å². The van der Waals surface area contributed by atoms with Gasteiger partial charge in [0.25, 0.3) is 0 Å². The molecular formula is C13H18N2O3. The summed E-state index contributed by atoms with van der Waals surface area (Å²) in [6.07, 6.45) is 0. The fourth-order valence-corrected chi connectivity index (χ4v) is 1.33. The molecule has 5 nitrogen and oxygen atoms in total. The van der Waals surface area contributed by atoms with Crippen LogP contribution in [0.1, 0.15) is 19.4 Å². The van der Waals surface area contributed by atoms with Crippen molar-refractivity contribution in [2.75, 3.05) is 19.1 Å². The first kappa shape index (κ1) is 14.0. The Morgan fingerprint density at radius 3 is 2.78 bits per heavy atom. The van der Waals surface area contributed by atoms with Gasteiger partial charge >= 0.3 is 5.97 Å². The number of ether oxygens (including phenoxy) is 2. The maximum absolute atomic E-state index is 11.4. The van der Waals surface area contributed by atoms with Crippen molar-refractivity contribution in [2.45, 2.75) is 20.8 Å². The Bertz CT molecular complexity index is 456. The Labute approximate surface area is 107 Å². The minimum absolute atomic E-state index is 0.264. The third-order valence-electron chi connectivity index (χ3n) is 2.27. The van der Waals surface area contributed by atoms with Gasteiger partial charge in [-0.3, -0.25) is 5.43 Å². The van der Waals surface area contributed by atoms with Crippen molar-refractivity contribution in [1.29, 1.82) is 0 Å². The molecule has 0 fully saturated rings. The summed E-state index contributed by atoms with van der Waals surface area (Å²) in [6, 6.07) is 5.67. The SMILES string of the molecule is CCOC(=O)C(C)=NNc1cc(C)ccc1OC. The third-order valence-corrected chi connectivity index (χ3v) is 2.27. The van der Waals surface area contributed by atoms with Gasteiger partial charge in [-0.2, -0.15) is 5.10 Å². The largest absolute Gasteiger partial charge is 0.495 e. The minimum atomic E-state index is -0.434. The highest BCUT2D eigenvalue weighted by molar-refractivity contribution is 6.35. The van der Waals surface area contributed by atoms with Crippen molar-refractivity contribution in [1.82, 2.24) is 0 Å². The number of nitrogens with one attached hydrogen (secondary N) is 1. The molecule has 0 aliphatic heterocycles. The molecule has 0 aliphatic rings. The first-order valence-corrected chi connectivity index (χ1v) is 5.70. The molecule has 0 heterocycles. The van der Waals surface area contributed by atoms with Gasteiger partial charge in [-0.1, -0.05) is 6.07 Å². The van der Waals surface area contributed by atoms with Crippen molar-refractivity contribution in [3.05, 3.63) is 23.8 Å². The van der Waals surface area contributed by atoms with E-state index in [4.69, 9.17) is 9.47 Å². The fourth-order valence-electron chi connectivity index (χ4n) is 1.33. The van der Waals surface area contributed by atoms with E-state index in [1.165, 1.54) is 0 Å². The van der Waals surface area contributed by atoms with Crippen molar-refractivity contribution < 1.29 is 14.3 Å². The molecule has 5 heteroatoms. The Kier molecular flexibility index (Phi) is 5.17. The van der Waals surface area contributed by atoms with Crippen LogP contribution in [0, 0.1) is 6.92 Å². The summed E-state index contributed by atoms with van der Waals surface area (Å²) < 4.78 is 10.0. The van der Waals surface area contributed by atoms with Crippen LogP contribution < -0.4 is 10.2 Å². The second kappa shape index (κ2) is 6.64. The van der Waals surface area contributed by atoms with E-state index in [2.05, 4.69) is 10.5 Å². The molecule has 0 bridgehead atoms. The maximum atomic E-state index is 11.4. The Morgan fingerprint density at radius 2 is 2.17 bits per heavy atom. The molecule has 1 rings (SSSR count). The first-order chi connectivity index (χ1) is 8.58. The van der Waals surface area contributed by atoms with E-state index in [0.717, 1.165) is 5.56 Å². The summed E-state index contributed by atoms with van der Waals surface area (Å²) in [5.74, 6) is 0.234. The lowest BCUT2D eigenvalue weighted by atomic mass is 10.2. The van der Waals surface area contributed by atoms with E-state index in [9.17, 15) is 4.79 Å². The summed E-state index contributed by atoms with van der Waals surface area (Å²) in [7, 11) is 1.58. The average molecular weight is 250 g/mol. The number of hydrogen-bond donors (Lipinski definition) is 1. The van der Waals surface area contributed by atoms with Gasteiger partial charge < -0.3 is 9.47 Å². The predicted molar refractivity (Wildman–Crippen MR) is 71.1 cm³/mol. The zero-order valence-corrected chi connectivity index (χ0v) is 11.1. The lowest BCUT2D eigenvalue weighted by Gasteiger charge is -2.09. The van der Waals surface area contributed by atoms with E-state index < -0.39 is 5.97 Å². The molecule has 1 N–H and O–H groups in total. The van der Waals surface area contributed by atoms with E-state index in [1.807, 2.05) is 25.1 Å². The highest BCUT2D eigenvalue weighted by atomic mass is 16.5. The molecule has 0 atom stereocenters. The van der Waals surface area contributed by atoms with Gasteiger partial charge in [0, 0.05) is 0 Å². The Hall–Kier alpha value is -2.04. The molecule has 0 amide bonds. The number of rotatable bonds is 5. The highest BCUT2D eigenvalue weighted by Crippen LogP contribution is 2.25. The number of hydrogen-bond acceptors (Lipinski definition) is 5. The number of benzene rings is 1. The van der Waals surface area contributed by atoms with Crippen LogP contribution in [-0.4, -0.2) is 25.4 Å². The van der Waals surface area contributed by atoms with Crippen molar-refractivity contribution >= 4 is 17.4 Å². The molecule has 98 valence electrons. The summed E-state index contributed by atoms with van der Waals surface area (Å²) in [4.78, 5) is 11.4. The van der Waals surface area contributed by atoms with Crippen LogP contribution in [0.3, 0.4) is 0 Å². The zero-order valence-electron chi connectivity index (χ0n) is 11.1. The van der Waals surface area contributed by atoms with Gasteiger partial charge in [-0.05, 0) is 38.5 Å². The summed E-state index contributed by atoms with van der Waals surface area (Å²) in [5.41, 5.74) is 4.85. The molecule has 0 aliphatic carbocycles. The zero-order chi connectivity index (χ0) is 13.5. The molecule has 0 unspecified atom stereocenters. The summed E-state index contributed by atoms with van der Waals surface area (Å²) in [6.45, 7) is 5.64. The summed E-state index contributed by atoms with van der Waals surface area (Å²) in [5, 5.41) is 3.97. The lowest BCUT2D eigenvalue weighted by Crippen LogP contribution is -2.15. The smallest absolute Gasteiger partial charge is 0.354 e. The molecular weight excluding hydrogens is 232 g/mol. The molecule has 0 saturated carbocycles. The fraction of sp³-hybridized carbons (Fsp3) is 0.385. The number of hydrazone groups is 1. The molecule has 0 aromatic heterocycles. The van der Waals surface area contributed by atoms with Gasteiger partial charge in [-0.15, -0.1) is 0 Å². The number of esters is 1. The molecule has 0 spiro atoms. The normalized spacial score (nSPS) is 11.0. The van der Waals surface area contributed by atoms with Crippen LogP contribution in [0.4, 0.5) is 5.69 Å². The standard InChI is InChI=1S/C13H18N2O3/c1-5-18-13(16)10(3)14-15-11-8-9(2)6-7-12(11)17-4/h6-8,15H,5H2,1-4H3. The van der Waals surface area contributed by atoms with E-state index in [1.54, 1.807) is 21.0 Å². The number of methoxy groups -OCH3 is 1. The number of anilines is 1. The monoisotopic (exact) mass is 250 g/mol. The topological polar surface area (TPSA) is 59.9 Å². The average Bonchev–Trinajstić information content (AvgIpc) is 2.36. The van der Waals surface area contributed by atoms with Crippen LogP contribution in [0.5, 0.6) is 5.75 Å². The van der Waals surface area contributed by atoms with Gasteiger partial charge in [0.15, 0.2) is 0 Å². The minimum Gasteiger partial charge on any atom is -0.495 e. The summed E-state index contributed by atoms with van der Waals surface area (Å²) >= 11 is 0. The van der Waals surface area contributed by atoms with Crippen LogP contribution >= 0.6 is 0 Å². The third kappa shape index (κ3) is 3.76. The molecule has 1 aromatic rings. The van der Waals surface area contributed by atoms with E-state index in [0.29, 0.717) is 18.0 Å². The van der Waals surface area contributed by atoms with E-state index in [-0.39, 0.29) is 5.71 Å². The lowest BCUT2D eigenvalue weighted by molar-refractivity contribution is -0.135. The Balaban J connectivity index is 2.81. The number of carbonyl (C=O) groups excluding carboxylic acids is 1. The van der Waals surface area contributed by atoms with Crippen molar-refractivity contribution in [3.8, 4) is 5.75 Å². The van der Waals surface area contributed by atoms with Crippen molar-refractivity contribution in [3.63, 3.8) is 0 Å². The number of aryl methyl sites for hydroxylation is 1. The van der Waals surface area contributed by atoms with Crippen LogP contribution in [-0.2, 0) is 9.53 Å². The van der Waals surface area contributed by atoms with Gasteiger partial charge in [0.2, 0.25) is 0 Å². The second-order valence-corrected chi connectivity index (χ2v) is 3.73. The quantitative estimate of drug-likeness (QED) is 0.495. The number of carbonyl (C=O) groups is 1. The molecule has 0 saturated heterocycles.